The fraction of sp³-hybridized carbons (Fsp3) is 0.548. The molecule has 1 aliphatic heterocycles. The standard InChI is InChI=1S/C31H39N3O7S/c1-6-19-15-31(19,26(36)17-42(39,40)21-10-11-21)33-27(37)24-14-20(16-34(24)29(38)18(2)30(3,4)5)41-28-23-8-7-9-25(35)22(23)12-13-32-28/h6-9,12-13,18-21,24,35H,1,10-11,14-17H2,2-5H3,(H,33,37)/t18-,19-,20-,24+,31-/m1/s1. The van der Waals surface area contributed by atoms with E-state index in [1.807, 2.05) is 27.7 Å². The Kier molecular flexibility index (Phi) is 7.62. The highest BCUT2D eigenvalue weighted by atomic mass is 32.2. The molecule has 2 aliphatic carbocycles. The number of pyridine rings is 1. The third-order valence-corrected chi connectivity index (χ3v) is 11.2. The third-order valence-electron chi connectivity index (χ3n) is 9.05. The minimum atomic E-state index is -3.58. The number of nitrogens with one attached hydrogen (secondary N) is 1. The molecule has 10 nitrogen and oxygen atoms in total. The summed E-state index contributed by atoms with van der Waals surface area (Å²) in [5.41, 5.74) is -1.72. The number of ether oxygens (including phenoxy) is 1. The number of fused-ring (bicyclic) bond motifs is 1. The first-order valence-corrected chi connectivity index (χ1v) is 16.1. The van der Waals surface area contributed by atoms with Gasteiger partial charge in [0.1, 0.15) is 29.2 Å². The van der Waals surface area contributed by atoms with Crippen molar-refractivity contribution in [2.75, 3.05) is 12.3 Å². The Bertz CT molecular complexity index is 1550. The van der Waals surface area contributed by atoms with E-state index in [4.69, 9.17) is 4.74 Å². The zero-order valence-corrected chi connectivity index (χ0v) is 25.3. The molecule has 226 valence electrons. The summed E-state index contributed by atoms with van der Waals surface area (Å²) in [5.74, 6) is -2.36. The number of hydrogen-bond acceptors (Lipinski definition) is 8. The van der Waals surface area contributed by atoms with Crippen LogP contribution in [0.2, 0.25) is 0 Å². The summed E-state index contributed by atoms with van der Waals surface area (Å²) in [6, 6.07) is 5.76. The molecular formula is C31H39N3O7S. The lowest BCUT2D eigenvalue weighted by Gasteiger charge is -2.33. The minimum absolute atomic E-state index is 0.0825. The Balaban J connectivity index is 1.40. The Labute approximate surface area is 246 Å². The van der Waals surface area contributed by atoms with Crippen LogP contribution in [0.15, 0.2) is 43.1 Å². The number of carbonyl (C=O) groups is 3. The number of rotatable bonds is 10. The maximum atomic E-state index is 13.9. The molecule has 3 fully saturated rings. The van der Waals surface area contributed by atoms with Gasteiger partial charge >= 0.3 is 0 Å². The predicted molar refractivity (Wildman–Crippen MR) is 158 cm³/mol. The second-order valence-electron chi connectivity index (χ2n) is 13.0. The molecule has 2 N–H and O–H groups in total. The lowest BCUT2D eigenvalue weighted by atomic mass is 9.81. The van der Waals surface area contributed by atoms with E-state index < -0.39 is 56.1 Å². The Morgan fingerprint density at radius 1 is 1.24 bits per heavy atom. The van der Waals surface area contributed by atoms with E-state index in [0.29, 0.717) is 23.6 Å². The first-order chi connectivity index (χ1) is 19.7. The van der Waals surface area contributed by atoms with Gasteiger partial charge in [-0.15, -0.1) is 6.58 Å². The predicted octanol–water partition coefficient (Wildman–Crippen LogP) is 3.18. The van der Waals surface area contributed by atoms with Gasteiger partial charge < -0.3 is 20.1 Å². The van der Waals surface area contributed by atoms with Gasteiger partial charge in [-0.2, -0.15) is 0 Å². The lowest BCUT2D eigenvalue weighted by molar-refractivity contribution is -0.144. The number of aromatic hydroxyl groups is 1. The van der Waals surface area contributed by atoms with Crippen LogP contribution in [0.5, 0.6) is 11.6 Å². The van der Waals surface area contributed by atoms with E-state index in [1.54, 1.807) is 30.3 Å². The van der Waals surface area contributed by atoms with Crippen molar-refractivity contribution in [2.24, 2.45) is 17.3 Å². The zero-order valence-electron chi connectivity index (χ0n) is 24.5. The van der Waals surface area contributed by atoms with Crippen LogP contribution >= 0.6 is 0 Å². The largest absolute Gasteiger partial charge is 0.507 e. The number of benzene rings is 1. The normalized spacial score (nSPS) is 26.5. The molecule has 2 heterocycles. The van der Waals surface area contributed by atoms with Gasteiger partial charge in [0.15, 0.2) is 15.6 Å². The molecule has 2 amide bonds. The summed E-state index contributed by atoms with van der Waals surface area (Å²) in [6.07, 6.45) is 4.02. The third kappa shape index (κ3) is 5.63. The van der Waals surface area contributed by atoms with Gasteiger partial charge in [0.2, 0.25) is 17.7 Å². The lowest BCUT2D eigenvalue weighted by Crippen LogP contribution is -2.55. The van der Waals surface area contributed by atoms with Gasteiger partial charge in [0.25, 0.3) is 0 Å². The number of phenols is 1. The van der Waals surface area contributed by atoms with Gasteiger partial charge in [0.05, 0.1) is 11.8 Å². The van der Waals surface area contributed by atoms with E-state index >= 15 is 0 Å². The summed E-state index contributed by atoms with van der Waals surface area (Å²) in [6.45, 7) is 11.6. The van der Waals surface area contributed by atoms with Gasteiger partial charge in [-0.3, -0.25) is 14.4 Å². The average molecular weight is 598 g/mol. The Morgan fingerprint density at radius 2 is 1.95 bits per heavy atom. The van der Waals surface area contributed by atoms with E-state index in [0.717, 1.165) is 0 Å². The number of sulfone groups is 1. The molecule has 5 atom stereocenters. The van der Waals surface area contributed by atoms with Crippen molar-refractivity contribution in [1.82, 2.24) is 15.2 Å². The monoisotopic (exact) mass is 597 g/mol. The number of amides is 2. The van der Waals surface area contributed by atoms with Gasteiger partial charge in [-0.25, -0.2) is 13.4 Å². The molecule has 0 unspecified atom stereocenters. The molecule has 0 spiro atoms. The van der Waals surface area contributed by atoms with Crippen LogP contribution in [0.4, 0.5) is 0 Å². The summed E-state index contributed by atoms with van der Waals surface area (Å²) >= 11 is 0. The molecule has 0 radical (unpaired) electrons. The van der Waals surface area contributed by atoms with Crippen molar-refractivity contribution < 1.29 is 32.6 Å². The maximum absolute atomic E-state index is 13.9. The fourth-order valence-electron chi connectivity index (χ4n) is 5.68. The molecule has 1 aromatic heterocycles. The van der Waals surface area contributed by atoms with Crippen LogP contribution in [0.3, 0.4) is 0 Å². The van der Waals surface area contributed by atoms with E-state index in [2.05, 4.69) is 16.9 Å². The zero-order chi connectivity index (χ0) is 30.6. The highest BCUT2D eigenvalue weighted by Gasteiger charge is 2.61. The van der Waals surface area contributed by atoms with Crippen molar-refractivity contribution in [3.05, 3.63) is 43.1 Å². The van der Waals surface area contributed by atoms with Crippen LogP contribution in [0, 0.1) is 17.3 Å². The second kappa shape index (κ2) is 10.7. The molecule has 42 heavy (non-hydrogen) atoms. The van der Waals surface area contributed by atoms with Crippen LogP contribution in [-0.4, -0.2) is 76.2 Å². The van der Waals surface area contributed by atoms with Crippen LogP contribution in [0.25, 0.3) is 10.8 Å². The quantitative estimate of drug-likeness (QED) is 0.398. The topological polar surface area (TPSA) is 143 Å². The fourth-order valence-corrected chi connectivity index (χ4v) is 7.39. The van der Waals surface area contributed by atoms with Crippen LogP contribution in [0.1, 0.15) is 53.4 Å². The van der Waals surface area contributed by atoms with Crippen molar-refractivity contribution >= 4 is 38.2 Å². The average Bonchev–Trinajstić information content (AvgIpc) is 3.85. The molecule has 1 aromatic carbocycles. The molecule has 11 heteroatoms. The SMILES string of the molecule is C=C[C@@H]1C[C@]1(NC(=O)[C@@H]1C[C@@H](Oc2nccc3c(O)cccc23)CN1C(=O)[C@@H](C)C(C)(C)C)C(=O)CS(=O)(=O)C1CC1. The van der Waals surface area contributed by atoms with Crippen molar-refractivity contribution in [3.8, 4) is 11.6 Å². The smallest absolute Gasteiger partial charge is 0.243 e. The molecule has 2 aromatic rings. The van der Waals surface area contributed by atoms with Crippen molar-refractivity contribution in [1.29, 1.82) is 0 Å². The summed E-state index contributed by atoms with van der Waals surface area (Å²) in [7, 11) is -3.58. The first kappa shape index (κ1) is 30.0. The van der Waals surface area contributed by atoms with Crippen molar-refractivity contribution in [3.63, 3.8) is 0 Å². The number of hydrogen-bond donors (Lipinski definition) is 2. The molecule has 2 saturated carbocycles. The number of carbonyl (C=O) groups excluding carboxylic acids is 3. The van der Waals surface area contributed by atoms with Gasteiger partial charge in [-0.1, -0.05) is 39.8 Å². The number of likely N-dealkylation sites (tertiary alicyclic amines) is 1. The highest BCUT2D eigenvalue weighted by molar-refractivity contribution is 7.93. The van der Waals surface area contributed by atoms with Gasteiger partial charge in [-0.05, 0) is 42.9 Å². The van der Waals surface area contributed by atoms with Crippen LogP contribution < -0.4 is 10.1 Å². The van der Waals surface area contributed by atoms with Crippen LogP contribution in [-0.2, 0) is 24.2 Å². The van der Waals surface area contributed by atoms with E-state index in [-0.39, 0.29) is 48.3 Å². The molecule has 0 bridgehead atoms. The summed E-state index contributed by atoms with van der Waals surface area (Å²) in [4.78, 5) is 46.8. The number of aromatic nitrogens is 1. The number of ketones is 1. The number of Topliss-reactive ketones (excluding diaryl/α,β-unsaturated/α-hetero) is 1. The Morgan fingerprint density at radius 3 is 2.57 bits per heavy atom. The number of phenolic OH excluding ortho intramolecular Hbond substituents is 1. The summed E-state index contributed by atoms with van der Waals surface area (Å²) in [5, 5.41) is 13.8. The summed E-state index contributed by atoms with van der Waals surface area (Å²) < 4.78 is 31.5. The minimum Gasteiger partial charge on any atom is -0.507 e. The second-order valence-corrected chi connectivity index (χ2v) is 15.3. The highest BCUT2D eigenvalue weighted by Crippen LogP contribution is 2.46. The van der Waals surface area contributed by atoms with E-state index in [1.165, 1.54) is 11.1 Å². The molecule has 1 saturated heterocycles. The Hall–Kier alpha value is -3.47. The van der Waals surface area contributed by atoms with Gasteiger partial charge in [0, 0.05) is 35.2 Å². The molecular weight excluding hydrogens is 558 g/mol. The molecule has 5 rings (SSSR count). The van der Waals surface area contributed by atoms with Crippen molar-refractivity contribution in [2.45, 2.75) is 76.3 Å². The van der Waals surface area contributed by atoms with E-state index in [9.17, 15) is 27.9 Å². The molecule has 3 aliphatic rings. The maximum Gasteiger partial charge on any atom is 0.243 e. The first-order valence-electron chi connectivity index (χ1n) is 14.4. The number of nitrogens with zero attached hydrogens (tertiary/aromatic N) is 2.